The molecule has 2 atom stereocenters. The Balaban J connectivity index is 2.18. The number of hydrogen-bond donors (Lipinski definition) is 1. The Morgan fingerprint density at radius 3 is 2.30 bits per heavy atom. The molecule has 0 aliphatic carbocycles. The van der Waals surface area contributed by atoms with Gasteiger partial charge in [-0.3, -0.25) is 9.88 Å². The topological polar surface area (TPSA) is 42.1 Å². The van der Waals surface area contributed by atoms with Crippen LogP contribution in [0.15, 0.2) is 48.8 Å². The number of benzene rings is 1. The van der Waals surface area contributed by atoms with Crippen molar-refractivity contribution in [3.05, 3.63) is 64.9 Å². The SMILES string of the molecule is CC(N)C(c1ccc(Cl)cc1)N(C)Cc1ccncc1. The number of pyridine rings is 1. The lowest BCUT2D eigenvalue weighted by molar-refractivity contribution is 0.211. The Bertz CT molecular complexity index is 525. The van der Waals surface area contributed by atoms with Crippen molar-refractivity contribution < 1.29 is 0 Å². The second-order valence-electron chi connectivity index (χ2n) is 5.13. The average molecular weight is 290 g/mol. The van der Waals surface area contributed by atoms with Gasteiger partial charge in [-0.05, 0) is 49.4 Å². The molecule has 106 valence electrons. The van der Waals surface area contributed by atoms with Gasteiger partial charge in [0.15, 0.2) is 0 Å². The molecule has 0 fully saturated rings. The number of nitrogens with two attached hydrogens (primary N) is 1. The van der Waals surface area contributed by atoms with Crippen molar-refractivity contribution in [1.82, 2.24) is 9.88 Å². The number of hydrogen-bond acceptors (Lipinski definition) is 3. The number of aromatic nitrogens is 1. The molecule has 0 amide bonds. The molecular formula is C16H20ClN3. The third-order valence-electron chi connectivity index (χ3n) is 3.37. The molecule has 2 N–H and O–H groups in total. The highest BCUT2D eigenvalue weighted by Crippen LogP contribution is 2.25. The Hall–Kier alpha value is -1.42. The molecule has 4 heteroatoms. The number of likely N-dealkylation sites (N-methyl/N-ethyl adjacent to an activating group) is 1. The lowest BCUT2D eigenvalue weighted by atomic mass is 9.99. The fourth-order valence-electron chi connectivity index (χ4n) is 2.49. The van der Waals surface area contributed by atoms with E-state index < -0.39 is 0 Å². The fourth-order valence-corrected chi connectivity index (χ4v) is 2.62. The molecule has 20 heavy (non-hydrogen) atoms. The van der Waals surface area contributed by atoms with E-state index in [1.165, 1.54) is 11.1 Å². The van der Waals surface area contributed by atoms with Crippen LogP contribution in [0.3, 0.4) is 0 Å². The van der Waals surface area contributed by atoms with Crippen molar-refractivity contribution >= 4 is 11.6 Å². The van der Waals surface area contributed by atoms with E-state index in [2.05, 4.69) is 16.9 Å². The van der Waals surface area contributed by atoms with E-state index in [0.717, 1.165) is 11.6 Å². The van der Waals surface area contributed by atoms with Gasteiger partial charge in [0.1, 0.15) is 0 Å². The van der Waals surface area contributed by atoms with Crippen LogP contribution in [0.4, 0.5) is 0 Å². The van der Waals surface area contributed by atoms with Gasteiger partial charge in [-0.2, -0.15) is 0 Å². The Kier molecular flexibility index (Phi) is 5.12. The van der Waals surface area contributed by atoms with E-state index in [-0.39, 0.29) is 12.1 Å². The van der Waals surface area contributed by atoms with Crippen LogP contribution in [-0.4, -0.2) is 23.0 Å². The largest absolute Gasteiger partial charge is 0.326 e. The summed E-state index contributed by atoms with van der Waals surface area (Å²) in [7, 11) is 2.09. The molecule has 0 saturated carbocycles. The minimum absolute atomic E-state index is 0.0306. The average Bonchev–Trinajstić information content (AvgIpc) is 2.42. The number of nitrogens with zero attached hydrogens (tertiary/aromatic N) is 2. The van der Waals surface area contributed by atoms with Crippen molar-refractivity contribution in [2.24, 2.45) is 5.73 Å². The first-order chi connectivity index (χ1) is 9.58. The Morgan fingerprint density at radius 1 is 1.15 bits per heavy atom. The van der Waals surface area contributed by atoms with Gasteiger partial charge >= 0.3 is 0 Å². The molecule has 0 aliphatic heterocycles. The number of rotatable bonds is 5. The smallest absolute Gasteiger partial charge is 0.0496 e. The molecular weight excluding hydrogens is 270 g/mol. The highest BCUT2D eigenvalue weighted by atomic mass is 35.5. The van der Waals surface area contributed by atoms with E-state index in [9.17, 15) is 0 Å². The molecule has 0 bridgehead atoms. The van der Waals surface area contributed by atoms with Gasteiger partial charge in [0, 0.05) is 36.0 Å². The van der Waals surface area contributed by atoms with Crippen LogP contribution in [0.25, 0.3) is 0 Å². The molecule has 0 saturated heterocycles. The molecule has 1 aromatic heterocycles. The lowest BCUT2D eigenvalue weighted by Crippen LogP contribution is -2.36. The second-order valence-corrected chi connectivity index (χ2v) is 5.56. The summed E-state index contributed by atoms with van der Waals surface area (Å²) in [5.41, 5.74) is 8.58. The second kappa shape index (κ2) is 6.84. The van der Waals surface area contributed by atoms with Crippen molar-refractivity contribution in [1.29, 1.82) is 0 Å². The molecule has 1 aromatic carbocycles. The molecule has 2 aromatic rings. The summed E-state index contributed by atoms with van der Waals surface area (Å²) in [6.07, 6.45) is 3.62. The van der Waals surface area contributed by atoms with Crippen molar-refractivity contribution in [2.45, 2.75) is 25.6 Å². The zero-order chi connectivity index (χ0) is 14.5. The molecule has 2 unspecified atom stereocenters. The minimum atomic E-state index is 0.0306. The minimum Gasteiger partial charge on any atom is -0.326 e. The summed E-state index contributed by atoms with van der Waals surface area (Å²) < 4.78 is 0. The summed E-state index contributed by atoms with van der Waals surface area (Å²) in [4.78, 5) is 6.30. The summed E-state index contributed by atoms with van der Waals surface area (Å²) in [5.74, 6) is 0. The van der Waals surface area contributed by atoms with Gasteiger partial charge in [0.05, 0.1) is 0 Å². The molecule has 2 rings (SSSR count). The van der Waals surface area contributed by atoms with Crippen LogP contribution >= 0.6 is 11.6 Å². The van der Waals surface area contributed by atoms with E-state index in [1.54, 1.807) is 0 Å². The molecule has 3 nitrogen and oxygen atoms in total. The zero-order valence-corrected chi connectivity index (χ0v) is 12.6. The first kappa shape index (κ1) is 15.0. The summed E-state index contributed by atoms with van der Waals surface area (Å²) in [5, 5.41) is 0.744. The Labute approximate surface area is 125 Å². The summed E-state index contributed by atoms with van der Waals surface area (Å²) >= 11 is 5.95. The number of halogens is 1. The summed E-state index contributed by atoms with van der Waals surface area (Å²) in [6, 6.07) is 12.1. The van der Waals surface area contributed by atoms with E-state index in [1.807, 2.05) is 55.7 Å². The van der Waals surface area contributed by atoms with Gasteiger partial charge in [0.25, 0.3) is 0 Å². The third kappa shape index (κ3) is 3.79. The van der Waals surface area contributed by atoms with Gasteiger partial charge in [-0.25, -0.2) is 0 Å². The van der Waals surface area contributed by atoms with Gasteiger partial charge in [0.2, 0.25) is 0 Å². The van der Waals surface area contributed by atoms with Crippen LogP contribution in [0.1, 0.15) is 24.1 Å². The van der Waals surface area contributed by atoms with Gasteiger partial charge < -0.3 is 5.73 Å². The third-order valence-corrected chi connectivity index (χ3v) is 3.62. The Morgan fingerprint density at radius 2 is 1.75 bits per heavy atom. The van der Waals surface area contributed by atoms with Crippen LogP contribution in [0.5, 0.6) is 0 Å². The van der Waals surface area contributed by atoms with E-state index >= 15 is 0 Å². The predicted molar refractivity (Wildman–Crippen MR) is 83.5 cm³/mol. The van der Waals surface area contributed by atoms with Crippen LogP contribution in [0.2, 0.25) is 5.02 Å². The quantitative estimate of drug-likeness (QED) is 0.919. The lowest BCUT2D eigenvalue weighted by Gasteiger charge is -2.31. The molecule has 0 radical (unpaired) electrons. The maximum atomic E-state index is 6.17. The monoisotopic (exact) mass is 289 g/mol. The van der Waals surface area contributed by atoms with Crippen LogP contribution in [0, 0.1) is 0 Å². The van der Waals surface area contributed by atoms with Gasteiger partial charge in [-0.1, -0.05) is 23.7 Å². The maximum Gasteiger partial charge on any atom is 0.0496 e. The zero-order valence-electron chi connectivity index (χ0n) is 11.8. The normalized spacial score (nSPS) is 14.2. The first-order valence-electron chi connectivity index (χ1n) is 6.68. The van der Waals surface area contributed by atoms with Crippen LogP contribution < -0.4 is 5.73 Å². The van der Waals surface area contributed by atoms with Crippen LogP contribution in [-0.2, 0) is 6.54 Å². The van der Waals surface area contributed by atoms with Gasteiger partial charge in [-0.15, -0.1) is 0 Å². The molecule has 0 aliphatic rings. The fraction of sp³-hybridized carbons (Fsp3) is 0.312. The van der Waals surface area contributed by atoms with E-state index in [4.69, 9.17) is 17.3 Å². The standard InChI is InChI=1S/C16H20ClN3/c1-12(18)16(14-3-5-15(17)6-4-14)20(2)11-13-7-9-19-10-8-13/h3-10,12,16H,11,18H2,1-2H3. The summed E-state index contributed by atoms with van der Waals surface area (Å²) in [6.45, 7) is 2.86. The van der Waals surface area contributed by atoms with Crippen molar-refractivity contribution in [3.63, 3.8) is 0 Å². The predicted octanol–water partition coefficient (Wildman–Crippen LogP) is 3.26. The van der Waals surface area contributed by atoms with Crippen molar-refractivity contribution in [2.75, 3.05) is 7.05 Å². The molecule has 1 heterocycles. The van der Waals surface area contributed by atoms with Crippen molar-refractivity contribution in [3.8, 4) is 0 Å². The highest BCUT2D eigenvalue weighted by Gasteiger charge is 2.21. The first-order valence-corrected chi connectivity index (χ1v) is 7.06. The maximum absolute atomic E-state index is 6.17. The molecule has 0 spiro atoms. The van der Waals surface area contributed by atoms with E-state index in [0.29, 0.717) is 0 Å². The highest BCUT2D eigenvalue weighted by molar-refractivity contribution is 6.30.